The van der Waals surface area contributed by atoms with Gasteiger partial charge in [0.2, 0.25) is 0 Å². The van der Waals surface area contributed by atoms with Crippen molar-refractivity contribution < 1.29 is 18.8 Å². The summed E-state index contributed by atoms with van der Waals surface area (Å²) in [5.41, 5.74) is 1.08. The number of nitrogens with zero attached hydrogens (tertiary/aromatic N) is 3. The zero-order valence-electron chi connectivity index (χ0n) is 14.9. The first-order valence-electron chi connectivity index (χ1n) is 8.26. The van der Waals surface area contributed by atoms with Crippen LogP contribution in [0.25, 0.3) is 0 Å². The quantitative estimate of drug-likeness (QED) is 0.439. The molecular weight excluding hydrogens is 385 g/mol. The molecule has 0 saturated heterocycles. The molecule has 1 amide bonds. The Morgan fingerprint density at radius 2 is 2.04 bits per heavy atom. The number of nitro benzene ring substituents is 1. The number of anilines is 1. The van der Waals surface area contributed by atoms with E-state index in [1.165, 1.54) is 64.8 Å². The van der Waals surface area contributed by atoms with Crippen LogP contribution in [0, 0.1) is 22.9 Å². The molecule has 0 fully saturated rings. The number of benzene rings is 2. The summed E-state index contributed by atoms with van der Waals surface area (Å²) in [6.07, 6.45) is 0. The molecule has 144 valence electrons. The Bertz CT molecular complexity index is 991. The number of aryl methyl sites for hydroxylation is 1. The molecule has 3 aromatic rings. The van der Waals surface area contributed by atoms with Crippen molar-refractivity contribution in [3.63, 3.8) is 0 Å². The monoisotopic (exact) mass is 401 g/mol. The van der Waals surface area contributed by atoms with E-state index in [2.05, 4.69) is 4.98 Å². The summed E-state index contributed by atoms with van der Waals surface area (Å²) >= 11 is 1.47. The number of amides is 1. The molecule has 0 radical (unpaired) electrons. The third kappa shape index (κ3) is 4.89. The Hall–Kier alpha value is -3.33. The van der Waals surface area contributed by atoms with Gasteiger partial charge in [-0.15, -0.1) is 11.3 Å². The number of nitro groups is 1. The largest absolute Gasteiger partial charge is 0.483 e. The number of rotatable bonds is 7. The van der Waals surface area contributed by atoms with E-state index in [1.54, 1.807) is 0 Å². The molecule has 0 bridgehead atoms. The molecule has 1 aromatic heterocycles. The number of thiazole rings is 1. The van der Waals surface area contributed by atoms with Crippen molar-refractivity contribution in [3.8, 4) is 5.75 Å². The van der Waals surface area contributed by atoms with Gasteiger partial charge in [0.05, 0.1) is 28.2 Å². The maximum Gasteiger partial charge on any atom is 0.273 e. The Kier molecular flexibility index (Phi) is 5.95. The minimum Gasteiger partial charge on any atom is -0.483 e. The van der Waals surface area contributed by atoms with Crippen molar-refractivity contribution in [3.05, 3.63) is 80.5 Å². The lowest BCUT2D eigenvalue weighted by Crippen LogP contribution is -2.34. The van der Waals surface area contributed by atoms with Crippen molar-refractivity contribution in [2.45, 2.75) is 13.5 Å². The molecule has 7 nitrogen and oxygen atoms in total. The predicted octanol–water partition coefficient (Wildman–Crippen LogP) is 4.11. The molecule has 3 rings (SSSR count). The van der Waals surface area contributed by atoms with Crippen LogP contribution in [0.4, 0.5) is 15.8 Å². The summed E-state index contributed by atoms with van der Waals surface area (Å²) in [5.74, 6) is -0.580. The fourth-order valence-electron chi connectivity index (χ4n) is 2.50. The first kappa shape index (κ1) is 19.4. The molecule has 0 atom stereocenters. The van der Waals surface area contributed by atoms with Crippen LogP contribution in [0.15, 0.2) is 53.9 Å². The molecule has 0 N–H and O–H groups in total. The first-order valence-corrected chi connectivity index (χ1v) is 9.14. The van der Waals surface area contributed by atoms with Gasteiger partial charge in [-0.2, -0.15) is 0 Å². The molecule has 0 spiro atoms. The second-order valence-electron chi connectivity index (χ2n) is 5.86. The average molecular weight is 401 g/mol. The molecule has 2 aromatic carbocycles. The number of carbonyl (C=O) groups excluding carboxylic acids is 1. The van der Waals surface area contributed by atoms with Crippen molar-refractivity contribution in [2.24, 2.45) is 0 Å². The molecule has 28 heavy (non-hydrogen) atoms. The molecule has 9 heteroatoms. The second kappa shape index (κ2) is 8.57. The number of non-ortho nitro benzene ring substituents is 1. The van der Waals surface area contributed by atoms with Crippen LogP contribution < -0.4 is 9.64 Å². The lowest BCUT2D eigenvalue weighted by molar-refractivity contribution is -0.384. The SMILES string of the molecule is Cc1nc(CN(C(=O)COc2cccc([N+](=O)[O-])c2)c2ccc(F)cc2)cs1. The number of ether oxygens (including phenoxy) is 1. The highest BCUT2D eigenvalue weighted by atomic mass is 32.1. The number of hydrogen-bond acceptors (Lipinski definition) is 6. The fraction of sp³-hybridized carbons (Fsp3) is 0.158. The van der Waals surface area contributed by atoms with Crippen LogP contribution in [0.5, 0.6) is 5.75 Å². The zero-order valence-corrected chi connectivity index (χ0v) is 15.7. The molecule has 1 heterocycles. The normalized spacial score (nSPS) is 10.5. The van der Waals surface area contributed by atoms with Gasteiger partial charge in [0.25, 0.3) is 11.6 Å². The Morgan fingerprint density at radius 1 is 1.29 bits per heavy atom. The van der Waals surface area contributed by atoms with Gasteiger partial charge in [-0.05, 0) is 37.3 Å². The zero-order chi connectivity index (χ0) is 20.1. The van der Waals surface area contributed by atoms with E-state index in [9.17, 15) is 19.3 Å². The van der Waals surface area contributed by atoms with Gasteiger partial charge in [-0.1, -0.05) is 6.07 Å². The highest BCUT2D eigenvalue weighted by Gasteiger charge is 2.19. The third-order valence-corrected chi connectivity index (χ3v) is 4.64. The van der Waals surface area contributed by atoms with E-state index < -0.39 is 10.7 Å². The third-order valence-electron chi connectivity index (χ3n) is 3.82. The number of aromatic nitrogens is 1. The van der Waals surface area contributed by atoms with Crippen LogP contribution in [0.1, 0.15) is 10.7 Å². The Morgan fingerprint density at radius 3 is 2.68 bits per heavy atom. The standard InChI is InChI=1S/C19H16FN3O4S/c1-13-21-15(12-28-13)10-22(16-7-5-14(20)6-8-16)19(24)11-27-18-4-2-3-17(9-18)23(25)26/h2-9,12H,10-11H2,1H3. The summed E-state index contributed by atoms with van der Waals surface area (Å²) < 4.78 is 18.7. The van der Waals surface area contributed by atoms with E-state index in [-0.39, 0.29) is 30.5 Å². The topological polar surface area (TPSA) is 85.6 Å². The molecule has 0 unspecified atom stereocenters. The van der Waals surface area contributed by atoms with E-state index in [0.717, 1.165) is 5.01 Å². The van der Waals surface area contributed by atoms with E-state index in [4.69, 9.17) is 4.74 Å². The molecule has 0 aliphatic heterocycles. The lowest BCUT2D eigenvalue weighted by atomic mass is 10.2. The summed E-state index contributed by atoms with van der Waals surface area (Å²) in [7, 11) is 0. The highest BCUT2D eigenvalue weighted by molar-refractivity contribution is 7.09. The van der Waals surface area contributed by atoms with E-state index >= 15 is 0 Å². The van der Waals surface area contributed by atoms with Gasteiger partial charge < -0.3 is 9.64 Å². The second-order valence-corrected chi connectivity index (χ2v) is 6.92. The first-order chi connectivity index (χ1) is 13.4. The molecule has 0 saturated carbocycles. The maximum absolute atomic E-state index is 13.3. The molecular formula is C19H16FN3O4S. The Labute approximate surface area is 164 Å². The lowest BCUT2D eigenvalue weighted by Gasteiger charge is -2.22. The van der Waals surface area contributed by atoms with Gasteiger partial charge >= 0.3 is 0 Å². The molecule has 0 aliphatic rings. The van der Waals surface area contributed by atoms with E-state index in [1.807, 2.05) is 12.3 Å². The van der Waals surface area contributed by atoms with Crippen LogP contribution in [-0.4, -0.2) is 22.4 Å². The molecule has 0 aliphatic carbocycles. The number of hydrogen-bond donors (Lipinski definition) is 0. The number of halogens is 1. The van der Waals surface area contributed by atoms with Crippen LogP contribution in [0.2, 0.25) is 0 Å². The average Bonchev–Trinajstić information content (AvgIpc) is 3.10. The van der Waals surface area contributed by atoms with Crippen molar-refractivity contribution >= 4 is 28.6 Å². The predicted molar refractivity (Wildman–Crippen MR) is 103 cm³/mol. The summed E-state index contributed by atoms with van der Waals surface area (Å²) in [5, 5.41) is 13.6. The minimum absolute atomic E-state index is 0.127. The Balaban J connectivity index is 1.77. The van der Waals surface area contributed by atoms with Gasteiger partial charge in [0.15, 0.2) is 6.61 Å². The van der Waals surface area contributed by atoms with Gasteiger partial charge in [-0.3, -0.25) is 14.9 Å². The minimum atomic E-state index is -0.538. The van der Waals surface area contributed by atoms with Crippen molar-refractivity contribution in [1.29, 1.82) is 0 Å². The highest BCUT2D eigenvalue weighted by Crippen LogP contribution is 2.22. The van der Waals surface area contributed by atoms with Crippen molar-refractivity contribution in [2.75, 3.05) is 11.5 Å². The smallest absolute Gasteiger partial charge is 0.273 e. The fourth-order valence-corrected chi connectivity index (χ4v) is 3.10. The summed E-state index contributed by atoms with van der Waals surface area (Å²) in [4.78, 5) is 28.9. The van der Waals surface area contributed by atoms with Crippen LogP contribution >= 0.6 is 11.3 Å². The summed E-state index contributed by atoms with van der Waals surface area (Å²) in [6, 6.07) is 11.1. The van der Waals surface area contributed by atoms with Crippen LogP contribution in [-0.2, 0) is 11.3 Å². The summed E-state index contributed by atoms with van der Waals surface area (Å²) in [6.45, 7) is 1.73. The van der Waals surface area contributed by atoms with Gasteiger partial charge in [0, 0.05) is 17.1 Å². The van der Waals surface area contributed by atoms with Crippen LogP contribution in [0.3, 0.4) is 0 Å². The number of carbonyl (C=O) groups is 1. The van der Waals surface area contributed by atoms with Gasteiger partial charge in [0.1, 0.15) is 11.6 Å². The van der Waals surface area contributed by atoms with Gasteiger partial charge in [-0.25, -0.2) is 9.37 Å². The maximum atomic E-state index is 13.3. The van der Waals surface area contributed by atoms with E-state index in [0.29, 0.717) is 11.4 Å². The van der Waals surface area contributed by atoms with Crippen molar-refractivity contribution in [1.82, 2.24) is 4.98 Å².